The third-order valence-corrected chi connectivity index (χ3v) is 5.58. The number of pyridine rings is 1. The number of carbonyl (C=O) groups excluding carboxylic acids is 1. The van der Waals surface area contributed by atoms with Gasteiger partial charge in [0.1, 0.15) is 5.76 Å². The molecule has 4 heterocycles. The molecule has 1 aliphatic heterocycles. The van der Waals surface area contributed by atoms with Crippen LogP contribution in [0.5, 0.6) is 11.5 Å². The Morgan fingerprint density at radius 3 is 2.72 bits per heavy atom. The minimum Gasteiger partial charge on any atom is -0.467 e. The Hall–Kier alpha value is -3.52. The molecule has 0 atom stereocenters. The number of aromatic nitrogens is 1. The minimum atomic E-state index is -0.250. The molecule has 8 heteroatoms. The highest BCUT2D eigenvalue weighted by molar-refractivity contribution is 7.12. The summed E-state index contributed by atoms with van der Waals surface area (Å²) in [6.07, 6.45) is 1.56. The molecule has 1 aliphatic rings. The van der Waals surface area contributed by atoms with Crippen molar-refractivity contribution in [3.8, 4) is 11.5 Å². The van der Waals surface area contributed by atoms with Crippen LogP contribution in [0.15, 0.2) is 63.3 Å². The Kier molecular flexibility index (Phi) is 4.33. The van der Waals surface area contributed by atoms with Gasteiger partial charge in [0.15, 0.2) is 11.5 Å². The van der Waals surface area contributed by atoms with Crippen LogP contribution in [-0.4, -0.2) is 22.6 Å². The summed E-state index contributed by atoms with van der Waals surface area (Å²) in [5, 5.41) is 2.66. The summed E-state index contributed by atoms with van der Waals surface area (Å²) in [7, 11) is 0. The third-order valence-electron chi connectivity index (χ3n) is 4.72. The summed E-state index contributed by atoms with van der Waals surface area (Å²) in [5.41, 5.74) is 0.887. The number of H-pyrrole nitrogens is 1. The largest absolute Gasteiger partial charge is 0.467 e. The van der Waals surface area contributed by atoms with Crippen LogP contribution in [0, 0.1) is 0 Å². The van der Waals surface area contributed by atoms with Gasteiger partial charge in [-0.1, -0.05) is 6.07 Å². The summed E-state index contributed by atoms with van der Waals surface area (Å²) >= 11 is 1.36. The van der Waals surface area contributed by atoms with Gasteiger partial charge >= 0.3 is 0 Å². The van der Waals surface area contributed by atoms with Crippen molar-refractivity contribution in [1.82, 2.24) is 9.88 Å². The fraction of sp³-hybridized carbons (Fsp3) is 0.143. The topological polar surface area (TPSA) is 84.8 Å². The number of rotatable bonds is 5. The first kappa shape index (κ1) is 17.6. The summed E-state index contributed by atoms with van der Waals surface area (Å²) in [4.78, 5) is 30.8. The van der Waals surface area contributed by atoms with E-state index >= 15 is 0 Å². The van der Waals surface area contributed by atoms with E-state index in [-0.39, 0.29) is 31.3 Å². The van der Waals surface area contributed by atoms with Gasteiger partial charge in [0.05, 0.1) is 29.7 Å². The van der Waals surface area contributed by atoms with Gasteiger partial charge in [-0.25, -0.2) is 0 Å². The number of fused-ring (bicyclic) bond motifs is 2. The smallest absolute Gasteiger partial charge is 0.264 e. The highest BCUT2D eigenvalue weighted by Gasteiger charge is 2.21. The van der Waals surface area contributed by atoms with Crippen LogP contribution in [0.25, 0.3) is 10.9 Å². The van der Waals surface area contributed by atoms with Crippen molar-refractivity contribution in [2.75, 3.05) is 6.79 Å². The van der Waals surface area contributed by atoms with Gasteiger partial charge in [-0.15, -0.1) is 11.3 Å². The molecule has 146 valence electrons. The van der Waals surface area contributed by atoms with Gasteiger partial charge < -0.3 is 23.8 Å². The van der Waals surface area contributed by atoms with E-state index in [4.69, 9.17) is 13.9 Å². The fourth-order valence-electron chi connectivity index (χ4n) is 3.31. The first-order valence-electron chi connectivity index (χ1n) is 8.98. The molecule has 0 spiro atoms. The molecule has 1 N–H and O–H groups in total. The van der Waals surface area contributed by atoms with Crippen LogP contribution in [-0.2, 0) is 13.1 Å². The number of ether oxygens (including phenoxy) is 2. The maximum absolute atomic E-state index is 13.0. The van der Waals surface area contributed by atoms with Crippen molar-refractivity contribution < 1.29 is 18.7 Å². The fourth-order valence-corrected chi connectivity index (χ4v) is 4.00. The second-order valence-corrected chi connectivity index (χ2v) is 7.58. The molecule has 29 heavy (non-hydrogen) atoms. The second-order valence-electron chi connectivity index (χ2n) is 6.63. The Morgan fingerprint density at radius 1 is 1.10 bits per heavy atom. The molecular formula is C21H16N2O5S. The molecule has 4 aromatic rings. The molecule has 0 fully saturated rings. The standard InChI is InChI=1S/C21H16N2O5S/c24-20-14(7-13-8-17-18(28-12-27-17)9-16(13)22-20)10-23(11-15-3-1-5-26-15)21(25)19-4-2-6-29-19/h1-9H,10-12H2,(H,22,24). The Balaban J connectivity index is 1.51. The van der Waals surface area contributed by atoms with E-state index in [1.807, 2.05) is 17.5 Å². The average molecular weight is 408 g/mol. The summed E-state index contributed by atoms with van der Waals surface area (Å²) in [5.74, 6) is 1.74. The molecule has 3 aromatic heterocycles. The van der Waals surface area contributed by atoms with Gasteiger partial charge in [0.2, 0.25) is 6.79 Å². The molecule has 0 saturated heterocycles. The van der Waals surface area contributed by atoms with E-state index in [2.05, 4.69) is 4.98 Å². The first-order valence-corrected chi connectivity index (χ1v) is 9.86. The lowest BCUT2D eigenvalue weighted by Crippen LogP contribution is -2.32. The maximum atomic E-state index is 13.0. The van der Waals surface area contributed by atoms with E-state index in [0.29, 0.717) is 33.2 Å². The number of furan rings is 1. The lowest BCUT2D eigenvalue weighted by atomic mass is 10.1. The van der Waals surface area contributed by atoms with E-state index in [1.165, 1.54) is 11.3 Å². The van der Waals surface area contributed by atoms with E-state index < -0.39 is 0 Å². The predicted octanol–water partition coefficient (Wildman–Crippen LogP) is 3.75. The van der Waals surface area contributed by atoms with Crippen LogP contribution in [0.1, 0.15) is 21.0 Å². The van der Waals surface area contributed by atoms with Gasteiger partial charge in [-0.05, 0) is 35.7 Å². The molecule has 0 saturated carbocycles. The Bertz CT molecular complexity index is 1230. The predicted molar refractivity (Wildman–Crippen MR) is 107 cm³/mol. The number of hydrogen-bond donors (Lipinski definition) is 1. The summed E-state index contributed by atoms with van der Waals surface area (Å²) in [6.45, 7) is 0.578. The highest BCUT2D eigenvalue weighted by atomic mass is 32.1. The summed E-state index contributed by atoms with van der Waals surface area (Å²) < 4.78 is 16.2. The van der Waals surface area contributed by atoms with Gasteiger partial charge in [-0.2, -0.15) is 0 Å². The van der Waals surface area contributed by atoms with Crippen LogP contribution >= 0.6 is 11.3 Å². The Morgan fingerprint density at radius 2 is 1.97 bits per heavy atom. The van der Waals surface area contributed by atoms with Crippen molar-refractivity contribution in [3.63, 3.8) is 0 Å². The lowest BCUT2D eigenvalue weighted by molar-refractivity contribution is 0.0722. The zero-order valence-corrected chi connectivity index (χ0v) is 16.0. The van der Waals surface area contributed by atoms with Crippen molar-refractivity contribution in [3.05, 3.63) is 80.7 Å². The van der Waals surface area contributed by atoms with Crippen molar-refractivity contribution >= 4 is 28.1 Å². The van der Waals surface area contributed by atoms with E-state index in [1.54, 1.807) is 41.5 Å². The normalized spacial score (nSPS) is 12.4. The molecule has 0 bridgehead atoms. The quantitative estimate of drug-likeness (QED) is 0.544. The van der Waals surface area contributed by atoms with Crippen LogP contribution in [0.3, 0.4) is 0 Å². The number of benzene rings is 1. The van der Waals surface area contributed by atoms with Gasteiger partial charge in [-0.3, -0.25) is 9.59 Å². The number of thiophene rings is 1. The lowest BCUT2D eigenvalue weighted by Gasteiger charge is -2.21. The highest BCUT2D eigenvalue weighted by Crippen LogP contribution is 2.35. The van der Waals surface area contributed by atoms with Gasteiger partial charge in [0.25, 0.3) is 11.5 Å². The van der Waals surface area contributed by atoms with Crippen molar-refractivity contribution in [1.29, 1.82) is 0 Å². The number of amides is 1. The Labute approximate surface area is 169 Å². The molecule has 0 radical (unpaired) electrons. The zero-order valence-electron chi connectivity index (χ0n) is 15.2. The van der Waals surface area contributed by atoms with Gasteiger partial charge in [0, 0.05) is 17.0 Å². The number of aromatic amines is 1. The van der Waals surface area contributed by atoms with Crippen LogP contribution < -0.4 is 15.0 Å². The summed E-state index contributed by atoms with van der Waals surface area (Å²) in [6, 6.07) is 12.5. The maximum Gasteiger partial charge on any atom is 0.264 e. The van der Waals surface area contributed by atoms with Crippen molar-refractivity contribution in [2.45, 2.75) is 13.1 Å². The van der Waals surface area contributed by atoms with Crippen LogP contribution in [0.2, 0.25) is 0 Å². The molecule has 1 amide bonds. The number of nitrogens with one attached hydrogen (secondary N) is 1. The SMILES string of the molecule is O=C(c1cccs1)N(Cc1ccco1)Cc1cc2cc3c(cc2[nH]c1=O)OCO3. The van der Waals surface area contributed by atoms with E-state index in [0.717, 1.165) is 5.39 Å². The molecule has 0 unspecified atom stereocenters. The van der Waals surface area contributed by atoms with Crippen LogP contribution in [0.4, 0.5) is 0 Å². The minimum absolute atomic E-state index is 0.150. The molecule has 7 nitrogen and oxygen atoms in total. The number of hydrogen-bond acceptors (Lipinski definition) is 6. The molecule has 0 aliphatic carbocycles. The third kappa shape index (κ3) is 3.38. The monoisotopic (exact) mass is 408 g/mol. The average Bonchev–Trinajstić information content (AvgIpc) is 3.48. The molecular weight excluding hydrogens is 392 g/mol. The second kappa shape index (κ2) is 7.14. The number of nitrogens with zero attached hydrogens (tertiary/aromatic N) is 1. The molecule has 1 aromatic carbocycles. The van der Waals surface area contributed by atoms with E-state index in [9.17, 15) is 9.59 Å². The first-order chi connectivity index (χ1) is 14.2. The molecule has 5 rings (SSSR count). The van der Waals surface area contributed by atoms with Crippen molar-refractivity contribution in [2.24, 2.45) is 0 Å². The zero-order chi connectivity index (χ0) is 19.8. The number of carbonyl (C=O) groups is 1.